The van der Waals surface area contributed by atoms with Gasteiger partial charge < -0.3 is 0 Å². The molecule has 0 aromatic carbocycles. The molecule has 0 bridgehead atoms. The minimum Gasteiger partial charge on any atom is -0.264 e. The zero-order chi connectivity index (χ0) is 16.8. The van der Waals surface area contributed by atoms with Crippen LogP contribution in [0.25, 0.3) is 5.57 Å². The van der Waals surface area contributed by atoms with Crippen molar-refractivity contribution in [2.24, 2.45) is 11.8 Å². The van der Waals surface area contributed by atoms with Gasteiger partial charge in [-0.2, -0.15) is 0 Å². The normalized spacial score (nSPS) is 25.2. The minimum absolute atomic E-state index is 0.517. The van der Waals surface area contributed by atoms with Crippen molar-refractivity contribution in [3.63, 3.8) is 0 Å². The molecule has 0 saturated heterocycles. The molecule has 2 aliphatic rings. The molecule has 1 nitrogen and oxygen atoms in total. The van der Waals surface area contributed by atoms with E-state index >= 15 is 0 Å². The molecular weight excluding hydrogens is 290 g/mol. The highest BCUT2D eigenvalue weighted by atomic mass is 14.6. The summed E-state index contributed by atoms with van der Waals surface area (Å²) in [4.78, 5) is 4.30. The number of aromatic nitrogens is 1. The molecule has 2 atom stereocenters. The van der Waals surface area contributed by atoms with Crippen molar-refractivity contribution in [3.8, 4) is 0 Å². The lowest BCUT2D eigenvalue weighted by Gasteiger charge is -2.18. The highest BCUT2D eigenvalue weighted by molar-refractivity contribution is 5.69. The van der Waals surface area contributed by atoms with Crippen LogP contribution in [-0.4, -0.2) is 4.98 Å². The molecule has 1 heteroatoms. The lowest BCUT2D eigenvalue weighted by molar-refractivity contribution is 0.723. The second-order valence-corrected chi connectivity index (χ2v) is 7.00. The predicted octanol–water partition coefficient (Wildman–Crippen LogP) is 6.29. The zero-order valence-electron chi connectivity index (χ0n) is 14.8. The minimum atomic E-state index is 0.517. The summed E-state index contributed by atoms with van der Waals surface area (Å²) in [5.74, 6) is 1.21. The highest BCUT2D eigenvalue weighted by Crippen LogP contribution is 2.30. The van der Waals surface area contributed by atoms with Gasteiger partial charge in [0.1, 0.15) is 0 Å². The molecule has 124 valence electrons. The molecule has 1 aromatic heterocycles. The van der Waals surface area contributed by atoms with Gasteiger partial charge in [-0.3, -0.25) is 4.98 Å². The number of nitrogens with zero attached hydrogens (tertiary/aromatic N) is 1. The van der Waals surface area contributed by atoms with Gasteiger partial charge in [0, 0.05) is 12.4 Å². The quantitative estimate of drug-likeness (QED) is 0.636. The van der Waals surface area contributed by atoms with E-state index in [1.54, 1.807) is 0 Å². The Balaban J connectivity index is 1.77. The van der Waals surface area contributed by atoms with Gasteiger partial charge in [0.05, 0.1) is 0 Å². The molecular formula is C23H27N. The fourth-order valence-corrected chi connectivity index (χ4v) is 3.29. The summed E-state index contributed by atoms with van der Waals surface area (Å²) in [7, 11) is 0. The summed E-state index contributed by atoms with van der Waals surface area (Å²) >= 11 is 0. The van der Waals surface area contributed by atoms with Crippen LogP contribution in [0.1, 0.15) is 45.1 Å². The first-order valence-electron chi connectivity index (χ1n) is 9.07. The van der Waals surface area contributed by atoms with E-state index < -0.39 is 0 Å². The average Bonchev–Trinajstić information content (AvgIpc) is 2.60. The fraction of sp³-hybridized carbons (Fsp3) is 0.348. The third kappa shape index (κ3) is 4.44. The largest absolute Gasteiger partial charge is 0.264 e. The van der Waals surface area contributed by atoms with E-state index in [1.807, 2.05) is 18.5 Å². The molecule has 0 saturated carbocycles. The molecule has 1 heterocycles. The molecule has 1 aromatic rings. The van der Waals surface area contributed by atoms with Crippen molar-refractivity contribution in [1.82, 2.24) is 4.98 Å². The summed E-state index contributed by atoms with van der Waals surface area (Å²) < 4.78 is 0. The molecule has 1 unspecified atom stereocenters. The maximum atomic E-state index is 4.30. The Hall–Kier alpha value is -2.15. The third-order valence-electron chi connectivity index (χ3n) is 4.90. The van der Waals surface area contributed by atoms with Gasteiger partial charge >= 0.3 is 0 Å². The van der Waals surface area contributed by atoms with Crippen molar-refractivity contribution in [2.75, 3.05) is 0 Å². The van der Waals surface area contributed by atoms with E-state index in [4.69, 9.17) is 0 Å². The van der Waals surface area contributed by atoms with Gasteiger partial charge in [-0.1, -0.05) is 68.0 Å². The summed E-state index contributed by atoms with van der Waals surface area (Å²) in [6.07, 6.45) is 24.5. The predicted molar refractivity (Wildman–Crippen MR) is 103 cm³/mol. The van der Waals surface area contributed by atoms with Crippen LogP contribution in [0.5, 0.6) is 0 Å². The van der Waals surface area contributed by atoms with Gasteiger partial charge in [0.15, 0.2) is 0 Å². The summed E-state index contributed by atoms with van der Waals surface area (Å²) in [6, 6.07) is 4.20. The van der Waals surface area contributed by atoms with Gasteiger partial charge in [-0.15, -0.1) is 0 Å². The van der Waals surface area contributed by atoms with E-state index in [0.29, 0.717) is 11.8 Å². The molecule has 3 rings (SSSR count). The van der Waals surface area contributed by atoms with Crippen molar-refractivity contribution in [3.05, 3.63) is 83.8 Å². The van der Waals surface area contributed by atoms with Crippen LogP contribution in [0.4, 0.5) is 0 Å². The second-order valence-electron chi connectivity index (χ2n) is 7.00. The molecule has 0 amide bonds. The van der Waals surface area contributed by atoms with E-state index in [-0.39, 0.29) is 0 Å². The Bertz CT molecular complexity index is 701. The first-order chi connectivity index (χ1) is 11.7. The molecule has 0 fully saturated rings. The smallest absolute Gasteiger partial charge is 0.0343 e. The molecule has 24 heavy (non-hydrogen) atoms. The molecule has 0 aliphatic heterocycles. The first-order valence-corrected chi connectivity index (χ1v) is 9.07. The summed E-state index contributed by atoms with van der Waals surface area (Å²) in [5.41, 5.74) is 5.53. The van der Waals surface area contributed by atoms with Gasteiger partial charge in [-0.05, 0) is 60.3 Å². The van der Waals surface area contributed by atoms with Gasteiger partial charge in [0.2, 0.25) is 0 Å². The van der Waals surface area contributed by atoms with Crippen LogP contribution in [0.3, 0.4) is 0 Å². The summed E-state index contributed by atoms with van der Waals surface area (Å²) in [6.45, 7) is 4.58. The molecule has 0 N–H and O–H groups in total. The first kappa shape index (κ1) is 16.7. The number of rotatable bonds is 4. The van der Waals surface area contributed by atoms with Crippen molar-refractivity contribution >= 4 is 5.57 Å². The van der Waals surface area contributed by atoms with E-state index in [0.717, 1.165) is 19.3 Å². The molecule has 0 radical (unpaired) electrons. The van der Waals surface area contributed by atoms with E-state index in [1.165, 1.54) is 28.7 Å². The number of pyridine rings is 1. The monoisotopic (exact) mass is 317 g/mol. The maximum Gasteiger partial charge on any atom is 0.0343 e. The second kappa shape index (κ2) is 8.10. The lowest BCUT2D eigenvalue weighted by Crippen LogP contribution is -2.01. The Labute approximate surface area is 146 Å². The van der Waals surface area contributed by atoms with E-state index in [2.05, 4.69) is 67.4 Å². The van der Waals surface area contributed by atoms with Crippen LogP contribution >= 0.6 is 0 Å². The van der Waals surface area contributed by atoms with Crippen LogP contribution in [0.15, 0.2) is 78.2 Å². The number of allylic oxidation sites excluding steroid dienone is 10. The Kier molecular flexibility index (Phi) is 5.63. The average molecular weight is 317 g/mol. The topological polar surface area (TPSA) is 12.9 Å². The Morgan fingerprint density at radius 2 is 2.00 bits per heavy atom. The van der Waals surface area contributed by atoms with Crippen molar-refractivity contribution in [2.45, 2.75) is 39.5 Å². The van der Waals surface area contributed by atoms with Gasteiger partial charge in [-0.25, -0.2) is 0 Å². The molecule has 0 spiro atoms. The Morgan fingerprint density at radius 3 is 2.75 bits per heavy atom. The Morgan fingerprint density at radius 1 is 1.12 bits per heavy atom. The van der Waals surface area contributed by atoms with Crippen molar-refractivity contribution < 1.29 is 0 Å². The molecule has 2 aliphatic carbocycles. The van der Waals surface area contributed by atoms with Crippen LogP contribution in [0.2, 0.25) is 0 Å². The van der Waals surface area contributed by atoms with Gasteiger partial charge in [0.25, 0.3) is 0 Å². The summed E-state index contributed by atoms with van der Waals surface area (Å²) in [5, 5.41) is 0. The lowest BCUT2D eigenvalue weighted by atomic mass is 9.87. The third-order valence-corrected chi connectivity index (χ3v) is 4.90. The standard InChI is InChI=1S/C23H27N/c1-18-9-11-20(12-10-18)13-14-21-7-4-3-6-19(2)23(16-21)22-8-5-15-24-17-22/h3-5,7-9,11-12,15-19H,6,10,13-14H2,1-2H3/b4-3-,21-7?,23-16?/t18?,19-/m1/s1. The fourth-order valence-electron chi connectivity index (χ4n) is 3.29. The highest BCUT2D eigenvalue weighted by Gasteiger charge is 2.13. The number of hydrogen-bond acceptors (Lipinski definition) is 1. The van der Waals surface area contributed by atoms with Crippen LogP contribution < -0.4 is 0 Å². The van der Waals surface area contributed by atoms with Crippen LogP contribution in [-0.2, 0) is 0 Å². The number of hydrogen-bond donors (Lipinski definition) is 0. The maximum absolute atomic E-state index is 4.30. The van der Waals surface area contributed by atoms with Crippen molar-refractivity contribution in [1.29, 1.82) is 0 Å². The SMILES string of the molecule is CC1C=CC(CCC2=C/C=C\C[C@@H](C)C(c3cccnc3)=C2)=CC1. The zero-order valence-corrected chi connectivity index (χ0v) is 14.8. The van der Waals surface area contributed by atoms with E-state index in [9.17, 15) is 0 Å². The van der Waals surface area contributed by atoms with Crippen LogP contribution in [0, 0.1) is 11.8 Å².